The Morgan fingerprint density at radius 1 is 0.947 bits per heavy atom. The number of hydrogen-bond acceptors (Lipinski definition) is 17. The molecule has 9 rings (SSSR count). The molecule has 406 valence electrons. The van der Waals surface area contributed by atoms with Gasteiger partial charge in [-0.2, -0.15) is 8.62 Å². The fourth-order valence-electron chi connectivity index (χ4n) is 9.99. The number of carbonyl (C=O) groups excluding carboxylic acids is 2. The maximum atomic E-state index is 13.6. The normalized spacial score (nSPS) is 20.6. The Hall–Kier alpha value is -6.38. The number of aliphatic hydroxyl groups is 1. The number of benzene rings is 3. The number of carboxylic acids is 1. The summed E-state index contributed by atoms with van der Waals surface area (Å²) in [6, 6.07) is 12.6. The summed E-state index contributed by atoms with van der Waals surface area (Å²) in [7, 11) is -16.0. The highest BCUT2D eigenvalue weighted by molar-refractivity contribution is 7.66. The lowest BCUT2D eigenvalue weighted by molar-refractivity contribution is -0.745. The highest BCUT2D eigenvalue weighted by Crippen LogP contribution is 2.66. The zero-order chi connectivity index (χ0) is 54.6. The summed E-state index contributed by atoms with van der Waals surface area (Å²) in [4.78, 5) is 99.1. The van der Waals surface area contributed by atoms with Gasteiger partial charge in [-0.1, -0.05) is 11.1 Å². The Morgan fingerprint density at radius 2 is 1.70 bits per heavy atom. The number of phosphoric ester groups is 1. The van der Waals surface area contributed by atoms with Crippen molar-refractivity contribution in [3.63, 3.8) is 0 Å². The number of rotatable bonds is 17. The first-order valence-corrected chi connectivity index (χ1v) is 28.3. The van der Waals surface area contributed by atoms with Crippen molar-refractivity contribution in [2.24, 2.45) is 7.05 Å². The molecule has 0 saturated carbocycles. The Balaban J connectivity index is 0.927. The summed E-state index contributed by atoms with van der Waals surface area (Å²) < 4.78 is 70.7. The topological polar surface area (TPSA) is 390 Å². The molecule has 11 N–H and O–H groups in total. The molecule has 1 saturated heterocycles. The highest BCUT2D eigenvalue weighted by Gasteiger charge is 2.52. The number of aryl methyl sites for hydroxylation is 3. The molecule has 1 fully saturated rings. The van der Waals surface area contributed by atoms with Crippen LogP contribution in [0.25, 0.3) is 16.7 Å². The van der Waals surface area contributed by atoms with Crippen LogP contribution in [0.3, 0.4) is 0 Å². The second-order valence-electron chi connectivity index (χ2n) is 18.1. The molecule has 76 heavy (non-hydrogen) atoms. The number of amides is 2. The third-order valence-electron chi connectivity index (χ3n) is 13.2. The van der Waals surface area contributed by atoms with E-state index in [4.69, 9.17) is 34.3 Å². The highest BCUT2D eigenvalue weighted by atomic mass is 31.3. The summed E-state index contributed by atoms with van der Waals surface area (Å²) in [5, 5.41) is 29.0. The smallest absolute Gasteiger partial charge is 0.478 e. The van der Waals surface area contributed by atoms with Gasteiger partial charge in [0, 0.05) is 71.8 Å². The fraction of sp³-hybridized carbons (Fsp3) is 0.400. The summed E-state index contributed by atoms with van der Waals surface area (Å²) in [6.07, 6.45) is -3.47. The van der Waals surface area contributed by atoms with Gasteiger partial charge in [0.2, 0.25) is 17.1 Å². The van der Waals surface area contributed by atoms with Crippen LogP contribution in [0.1, 0.15) is 75.9 Å². The molecule has 2 aromatic heterocycles. The first kappa shape index (κ1) is 54.4. The van der Waals surface area contributed by atoms with E-state index in [-0.39, 0.29) is 41.3 Å². The number of alkyl carbamates (subject to hydrolysis) is 1. The van der Waals surface area contributed by atoms with Crippen molar-refractivity contribution >= 4 is 69.8 Å². The Bertz CT molecular complexity index is 3550. The van der Waals surface area contributed by atoms with Crippen LogP contribution < -0.4 is 51.3 Å². The molecule has 6 atom stereocenters. The number of anilines is 2. The first-order chi connectivity index (χ1) is 35.9. The molecule has 0 aliphatic carbocycles. The number of nitrogen functional groups attached to an aromatic ring is 1. The average Bonchev–Trinajstić information content (AvgIpc) is 3.88. The van der Waals surface area contributed by atoms with Crippen LogP contribution in [-0.2, 0) is 56.2 Å². The maximum Gasteiger partial charge on any atom is 0.490 e. The van der Waals surface area contributed by atoms with Crippen LogP contribution in [-0.4, -0.2) is 126 Å². The van der Waals surface area contributed by atoms with Crippen LogP contribution >= 0.6 is 23.5 Å². The Labute approximate surface area is 430 Å². The third kappa shape index (κ3) is 11.2. The predicted molar refractivity (Wildman–Crippen MR) is 265 cm³/mol. The van der Waals surface area contributed by atoms with Crippen LogP contribution in [0, 0.1) is 0 Å². The molecule has 2 amide bonds. The number of aromatic nitrogens is 4. The van der Waals surface area contributed by atoms with Crippen LogP contribution in [0.4, 0.5) is 16.4 Å². The summed E-state index contributed by atoms with van der Waals surface area (Å²) in [5.74, 6) is -1.14. The number of ether oxygens (including phenoxy) is 3. The zero-order valence-electron chi connectivity index (χ0n) is 40.9. The molecule has 31 heteroatoms. The van der Waals surface area contributed by atoms with Gasteiger partial charge in [0.1, 0.15) is 30.7 Å². The molecule has 3 aromatic carbocycles. The van der Waals surface area contributed by atoms with E-state index in [2.05, 4.69) is 64.7 Å². The van der Waals surface area contributed by atoms with E-state index in [0.29, 0.717) is 22.6 Å². The van der Waals surface area contributed by atoms with Gasteiger partial charge >= 0.3 is 41.2 Å². The number of aromatic amines is 1. The number of aliphatic hydroxyl groups excluding tert-OH is 1. The van der Waals surface area contributed by atoms with E-state index in [1.807, 2.05) is 12.1 Å². The predicted octanol–water partition coefficient (Wildman–Crippen LogP) is 0.539. The lowest BCUT2D eigenvalue weighted by Gasteiger charge is -2.32. The van der Waals surface area contributed by atoms with Gasteiger partial charge in [-0.15, -0.1) is 0 Å². The van der Waals surface area contributed by atoms with Crippen LogP contribution in [0.5, 0.6) is 11.5 Å². The number of fused-ring (bicyclic) bond motifs is 5. The largest absolute Gasteiger partial charge is 0.490 e. The van der Waals surface area contributed by atoms with Crippen molar-refractivity contribution in [2.45, 2.75) is 64.1 Å². The second-order valence-corrected chi connectivity index (χ2v) is 22.5. The monoisotopic (exact) mass is 1120 g/mol. The van der Waals surface area contributed by atoms with Crippen molar-refractivity contribution in [2.75, 3.05) is 56.5 Å². The Kier molecular flexibility index (Phi) is 15.2. The van der Waals surface area contributed by atoms with Crippen molar-refractivity contribution in [3.05, 3.63) is 103 Å². The van der Waals surface area contributed by atoms with Gasteiger partial charge in [-0.25, -0.2) is 32.4 Å². The number of aromatic carboxylic acids is 1. The summed E-state index contributed by atoms with van der Waals surface area (Å²) >= 11 is 0. The molecule has 4 aliphatic heterocycles. The van der Waals surface area contributed by atoms with Crippen LogP contribution in [0.15, 0.2) is 53.6 Å². The molecule has 5 aromatic rings. The van der Waals surface area contributed by atoms with Gasteiger partial charge in [0.25, 0.3) is 17.4 Å². The van der Waals surface area contributed by atoms with E-state index < -0.39 is 78.1 Å². The number of hydrogen-bond donors (Lipinski definition) is 10. The zero-order valence-corrected chi connectivity index (χ0v) is 43.5. The molecule has 6 heterocycles. The number of carboxylic acid groups (broad SMARTS) is 1. The number of nitrogens with two attached hydrogens (primary N) is 1. The SMILES string of the molecule is CCN1CCCc2cc3c(cc21)Oc1cc2c(cc1=C3c1ccc(C(=O)NCCNC(=O)O[C@H]3[C@@H](O)[C@H]([n+]4cn(C)c5c(=O)[nH]c(N)nc54)O[C@@H]3COP(=O)(O)OP(=O)(O)OP(=O)(O)O)cc1C(=O)O)CCC[N+]=2CC. The minimum Gasteiger partial charge on any atom is -0.478 e. The molecule has 2 unspecified atom stereocenters. The minimum absolute atomic E-state index is 0.00910. The van der Waals surface area contributed by atoms with Gasteiger partial charge < -0.3 is 65.3 Å². The van der Waals surface area contributed by atoms with E-state index >= 15 is 0 Å². The minimum atomic E-state index is -5.94. The summed E-state index contributed by atoms with van der Waals surface area (Å²) in [6.45, 7) is 5.85. The summed E-state index contributed by atoms with van der Waals surface area (Å²) in [5.41, 5.74) is 9.79. The number of imidazole rings is 1. The van der Waals surface area contributed by atoms with E-state index in [9.17, 15) is 52.9 Å². The van der Waals surface area contributed by atoms with Gasteiger partial charge in [-0.3, -0.25) is 23.7 Å². The number of nitrogens with zero attached hydrogens (tertiary/aromatic N) is 5. The van der Waals surface area contributed by atoms with Crippen LogP contribution in [0.2, 0.25) is 0 Å². The molecule has 0 spiro atoms. The van der Waals surface area contributed by atoms with Gasteiger partial charge in [0.05, 0.1) is 25.3 Å². The van der Waals surface area contributed by atoms with E-state index in [1.165, 1.54) is 30.1 Å². The molecule has 4 aliphatic rings. The van der Waals surface area contributed by atoms with Crippen molar-refractivity contribution in [1.29, 1.82) is 0 Å². The number of nitrogens with one attached hydrogen (secondary N) is 3. The molecular weight excluding hydrogens is 1060 g/mol. The van der Waals surface area contributed by atoms with Crippen molar-refractivity contribution in [3.8, 4) is 11.5 Å². The molecule has 28 nitrogen and oxygen atoms in total. The molecule has 0 bridgehead atoms. The average molecular weight is 1120 g/mol. The quantitative estimate of drug-likeness (QED) is 0.0338. The standard InChI is InChI=1S/C45H52N9O19P3/c1-4-52-14-6-8-23-16-28-32(19-30(23)52)69-33-20-31-24(9-7-15-53(31)5-2)17-29(33)35(28)26-11-10-25(18-27(26)43(58)59)40(56)47-12-13-48-45(60)71-38-34(21-68-75(64,65)73-76(66,67)72-74(61,62)63)70-42(37(38)55)54-22-51(3)36-39(54)49-44(46)50-41(36)57/h10-11,16-20,22,34,37-38,42,55H,4-9,12-15,21H2,1-3H3,(H8-2,46,47,48,49,50,56,57,58,59,60,61,62,63,64,65,66,67)/p+2/t34-,37-,38-,42-/m1/s1. The maximum absolute atomic E-state index is 13.6. The first-order valence-electron chi connectivity index (χ1n) is 23.8. The number of phosphoric acid groups is 3. The van der Waals surface area contributed by atoms with Gasteiger partial charge in [0.15, 0.2) is 18.5 Å². The van der Waals surface area contributed by atoms with Crippen molar-refractivity contribution in [1.82, 2.24) is 29.7 Å². The Morgan fingerprint density at radius 3 is 2.42 bits per heavy atom. The second kappa shape index (κ2) is 21.2. The molecular formula is C45H54N9O19P3+2. The fourth-order valence-corrected chi connectivity index (χ4v) is 13.0. The third-order valence-corrected chi connectivity index (χ3v) is 17.0. The van der Waals surface area contributed by atoms with Crippen molar-refractivity contribution < 1.29 is 89.8 Å². The van der Waals surface area contributed by atoms with E-state index in [1.54, 1.807) is 6.07 Å². The van der Waals surface area contributed by atoms with E-state index in [0.717, 1.165) is 89.4 Å². The number of H-pyrrole nitrogens is 1. The molecule has 0 radical (unpaired) electrons. The lowest BCUT2D eigenvalue weighted by atomic mass is 9.86. The number of carbonyl (C=O) groups is 3. The lowest BCUT2D eigenvalue weighted by Crippen LogP contribution is -2.47. The van der Waals surface area contributed by atoms with Gasteiger partial charge in [-0.05, 0) is 68.5 Å².